The zero-order valence-electron chi connectivity index (χ0n) is 45.0. The molecule has 0 aromatic rings. The average molecular weight is 1010 g/mol. The number of esters is 3. The van der Waals surface area contributed by atoms with E-state index < -0.39 is 57.8 Å². The lowest BCUT2D eigenvalue weighted by Gasteiger charge is -2.21. The molecular formula is C58H105O11P. The highest BCUT2D eigenvalue weighted by atomic mass is 31.2. The Hall–Kier alpha value is -2.56. The van der Waals surface area contributed by atoms with E-state index in [1.54, 1.807) is 0 Å². The van der Waals surface area contributed by atoms with Crippen LogP contribution >= 0.6 is 7.82 Å². The van der Waals surface area contributed by atoms with E-state index >= 15 is 0 Å². The van der Waals surface area contributed by atoms with Gasteiger partial charge in [-0.25, -0.2) is 4.57 Å². The van der Waals surface area contributed by atoms with E-state index in [-0.39, 0.29) is 25.9 Å². The number of hydrogen-bond acceptors (Lipinski definition) is 10. The first kappa shape index (κ1) is 67.4. The molecule has 0 amide bonds. The highest BCUT2D eigenvalue weighted by Gasteiger charge is 2.28. The van der Waals surface area contributed by atoms with Gasteiger partial charge in [-0.15, -0.1) is 0 Å². The number of rotatable bonds is 53. The molecule has 0 fully saturated rings. The first-order valence-electron chi connectivity index (χ1n) is 28.5. The van der Waals surface area contributed by atoms with E-state index in [1.807, 2.05) is 0 Å². The van der Waals surface area contributed by atoms with Gasteiger partial charge in [0, 0.05) is 19.3 Å². The molecule has 0 aliphatic heterocycles. The predicted octanol–water partition coefficient (Wildman–Crippen LogP) is 16.6. The van der Waals surface area contributed by atoms with Crippen LogP contribution < -0.4 is 0 Å². The fourth-order valence-corrected chi connectivity index (χ4v) is 8.68. The van der Waals surface area contributed by atoms with Crippen molar-refractivity contribution in [3.05, 3.63) is 48.6 Å². The highest BCUT2D eigenvalue weighted by molar-refractivity contribution is 7.47. The quantitative estimate of drug-likeness (QED) is 0.0197. The normalized spacial score (nSPS) is 13.7. The van der Waals surface area contributed by atoms with Crippen LogP contribution in [-0.2, 0) is 42.2 Å². The Balaban J connectivity index is 4.69. The third kappa shape index (κ3) is 50.4. The number of hydrogen-bond donors (Lipinski definition) is 2. The molecule has 70 heavy (non-hydrogen) atoms. The average Bonchev–Trinajstić information content (AvgIpc) is 3.35. The largest absolute Gasteiger partial charge is 0.472 e. The monoisotopic (exact) mass is 1010 g/mol. The van der Waals surface area contributed by atoms with E-state index in [9.17, 15) is 28.9 Å². The summed E-state index contributed by atoms with van der Waals surface area (Å²) < 4.78 is 39.5. The van der Waals surface area contributed by atoms with Crippen molar-refractivity contribution in [2.45, 2.75) is 277 Å². The summed E-state index contributed by atoms with van der Waals surface area (Å²) in [4.78, 5) is 48.4. The minimum absolute atomic E-state index is 0.158. The number of carbonyl (C=O) groups excluding carboxylic acids is 3. The van der Waals surface area contributed by atoms with Crippen LogP contribution in [0.4, 0.5) is 0 Å². The summed E-state index contributed by atoms with van der Waals surface area (Å²) >= 11 is 0. The summed E-state index contributed by atoms with van der Waals surface area (Å²) in [6.45, 7) is 4.52. The van der Waals surface area contributed by atoms with Crippen LogP contribution in [0.3, 0.4) is 0 Å². The Morgan fingerprint density at radius 3 is 1.16 bits per heavy atom. The number of unbranched alkanes of at least 4 members (excludes halogenated alkanes) is 28. The zero-order chi connectivity index (χ0) is 51.3. The number of phosphoric ester groups is 1. The molecule has 0 saturated heterocycles. The molecule has 0 bridgehead atoms. The van der Waals surface area contributed by atoms with Gasteiger partial charge < -0.3 is 24.2 Å². The van der Waals surface area contributed by atoms with Crippen molar-refractivity contribution >= 4 is 25.7 Å². The summed E-state index contributed by atoms with van der Waals surface area (Å²) in [5.41, 5.74) is 0. The van der Waals surface area contributed by atoms with E-state index in [4.69, 9.17) is 23.3 Å². The van der Waals surface area contributed by atoms with Crippen molar-refractivity contribution in [2.24, 2.45) is 0 Å². The minimum atomic E-state index is -4.75. The standard InChI is InChI=1S/C58H105O11P/c1-4-7-10-13-16-19-22-24-26-27-29-31-34-37-40-43-46-49-58(62)69-55(51-65-56(60)47-44-41-38-35-32-21-18-15-12-9-6-3)53-67-70(63,64)66-52-54(50-59)68-57(61)48-45-42-39-36-33-30-28-25-23-20-17-14-11-8-5-2/h7,10,16,19,24-26,28,54-55,59H,4-6,8-9,11-15,17-18,20-23,27,29-53H2,1-3H3,(H,63,64)/b10-7-,19-16-,26-24-,28-25-. The lowest BCUT2D eigenvalue weighted by Crippen LogP contribution is -2.30. The van der Waals surface area contributed by atoms with Crippen molar-refractivity contribution < 1.29 is 52.2 Å². The van der Waals surface area contributed by atoms with Crippen molar-refractivity contribution in [1.29, 1.82) is 0 Å². The second-order valence-corrected chi connectivity index (χ2v) is 20.5. The molecule has 0 spiro atoms. The van der Waals surface area contributed by atoms with Gasteiger partial charge >= 0.3 is 25.7 Å². The first-order chi connectivity index (χ1) is 34.2. The molecule has 12 heteroatoms. The topological polar surface area (TPSA) is 155 Å². The van der Waals surface area contributed by atoms with Crippen LogP contribution in [-0.4, -0.2) is 66.5 Å². The number of aliphatic hydroxyl groups excluding tert-OH is 1. The Morgan fingerprint density at radius 1 is 0.414 bits per heavy atom. The molecule has 0 saturated carbocycles. The second-order valence-electron chi connectivity index (χ2n) is 19.1. The van der Waals surface area contributed by atoms with Gasteiger partial charge in [0.1, 0.15) is 12.7 Å². The van der Waals surface area contributed by atoms with Crippen LogP contribution in [0.1, 0.15) is 265 Å². The third-order valence-electron chi connectivity index (χ3n) is 12.2. The first-order valence-corrected chi connectivity index (χ1v) is 30.0. The Kier molecular flexibility index (Phi) is 50.8. The van der Waals surface area contributed by atoms with E-state index in [0.29, 0.717) is 19.3 Å². The molecule has 0 rings (SSSR count). The fraction of sp³-hybridized carbons (Fsp3) is 0.810. The van der Waals surface area contributed by atoms with E-state index in [0.717, 1.165) is 109 Å². The van der Waals surface area contributed by atoms with Gasteiger partial charge in [0.05, 0.1) is 19.8 Å². The molecule has 3 unspecified atom stereocenters. The highest BCUT2D eigenvalue weighted by Crippen LogP contribution is 2.43. The van der Waals surface area contributed by atoms with Crippen molar-refractivity contribution in [2.75, 3.05) is 26.4 Å². The summed E-state index contributed by atoms with van der Waals surface area (Å²) in [5.74, 6) is -1.47. The second kappa shape index (κ2) is 52.8. The number of carbonyl (C=O) groups is 3. The summed E-state index contributed by atoms with van der Waals surface area (Å²) in [7, 11) is -4.75. The van der Waals surface area contributed by atoms with Crippen LogP contribution in [0.2, 0.25) is 0 Å². The number of phosphoric acid groups is 1. The molecule has 0 aromatic carbocycles. The number of aliphatic hydroxyl groups is 1. The minimum Gasteiger partial charge on any atom is -0.462 e. The van der Waals surface area contributed by atoms with Crippen molar-refractivity contribution in [3.63, 3.8) is 0 Å². The predicted molar refractivity (Wildman–Crippen MR) is 289 cm³/mol. The molecule has 0 aromatic heterocycles. The van der Waals surface area contributed by atoms with Gasteiger partial charge in [-0.3, -0.25) is 23.4 Å². The molecule has 2 N–H and O–H groups in total. The van der Waals surface area contributed by atoms with Gasteiger partial charge in [0.25, 0.3) is 0 Å². The zero-order valence-corrected chi connectivity index (χ0v) is 45.9. The van der Waals surface area contributed by atoms with E-state index in [1.165, 1.54) is 96.3 Å². The number of allylic oxidation sites excluding steroid dienone is 8. The molecule has 0 radical (unpaired) electrons. The van der Waals surface area contributed by atoms with Crippen LogP contribution in [0.25, 0.3) is 0 Å². The lowest BCUT2D eigenvalue weighted by atomic mass is 10.1. The molecule has 0 aliphatic rings. The van der Waals surface area contributed by atoms with Gasteiger partial charge in [-0.2, -0.15) is 0 Å². The van der Waals surface area contributed by atoms with Gasteiger partial charge in [-0.1, -0.05) is 217 Å². The third-order valence-corrected chi connectivity index (χ3v) is 13.2. The SMILES string of the molecule is CC/C=C\C/C=C\C/C=C\CCCCCCCCCC(=O)OC(COC(=O)CCCCCCCCCCCCC)COP(=O)(O)OCC(CO)OC(=O)CCCCCCC/C=C\CCCCCCCC. The Bertz CT molecular complexity index is 1360. The molecule has 11 nitrogen and oxygen atoms in total. The maximum atomic E-state index is 12.9. The Labute approximate surface area is 428 Å². The van der Waals surface area contributed by atoms with E-state index in [2.05, 4.69) is 69.4 Å². The maximum Gasteiger partial charge on any atom is 0.472 e. The molecule has 408 valence electrons. The fourth-order valence-electron chi connectivity index (χ4n) is 7.90. The number of ether oxygens (including phenoxy) is 3. The Morgan fingerprint density at radius 2 is 0.743 bits per heavy atom. The molecule has 0 aliphatic carbocycles. The summed E-state index contributed by atoms with van der Waals surface area (Å²) in [5, 5.41) is 9.80. The lowest BCUT2D eigenvalue weighted by molar-refractivity contribution is -0.161. The maximum absolute atomic E-state index is 12.9. The summed E-state index contributed by atoms with van der Waals surface area (Å²) in [6.07, 6.45) is 55.0. The van der Waals surface area contributed by atoms with Crippen LogP contribution in [0, 0.1) is 0 Å². The van der Waals surface area contributed by atoms with Gasteiger partial charge in [-0.05, 0) is 77.0 Å². The van der Waals surface area contributed by atoms with Crippen molar-refractivity contribution in [1.82, 2.24) is 0 Å². The van der Waals surface area contributed by atoms with Gasteiger partial charge in [0.15, 0.2) is 6.10 Å². The van der Waals surface area contributed by atoms with Crippen molar-refractivity contribution in [3.8, 4) is 0 Å². The van der Waals surface area contributed by atoms with Crippen LogP contribution in [0.15, 0.2) is 48.6 Å². The molecule has 3 atom stereocenters. The molecular weight excluding hydrogens is 904 g/mol. The summed E-state index contributed by atoms with van der Waals surface area (Å²) in [6, 6.07) is 0. The van der Waals surface area contributed by atoms with Gasteiger partial charge in [0.2, 0.25) is 0 Å². The molecule has 0 heterocycles. The van der Waals surface area contributed by atoms with Crippen LogP contribution in [0.5, 0.6) is 0 Å². The smallest absolute Gasteiger partial charge is 0.462 e.